The highest BCUT2D eigenvalue weighted by molar-refractivity contribution is 7.89. The summed E-state index contributed by atoms with van der Waals surface area (Å²) >= 11 is 0. The van der Waals surface area contributed by atoms with Crippen molar-refractivity contribution in [2.45, 2.75) is 18.7 Å². The van der Waals surface area contributed by atoms with Crippen molar-refractivity contribution in [3.8, 4) is 0 Å². The zero-order valence-electron chi connectivity index (χ0n) is 14.1. The van der Waals surface area contributed by atoms with E-state index in [0.29, 0.717) is 32.0 Å². The van der Waals surface area contributed by atoms with Crippen LogP contribution in [0.3, 0.4) is 0 Å². The molecule has 0 spiro atoms. The van der Waals surface area contributed by atoms with Crippen molar-refractivity contribution in [3.05, 3.63) is 11.5 Å². The number of hydrogen-bond donors (Lipinski definition) is 0. The fraction of sp³-hybridized carbons (Fsp3) is 0.714. The van der Waals surface area contributed by atoms with E-state index in [4.69, 9.17) is 14.0 Å². The molecule has 1 fully saturated rings. The molecule has 1 aliphatic rings. The number of amides is 1. The van der Waals surface area contributed by atoms with E-state index in [2.05, 4.69) is 5.16 Å². The number of aromatic nitrogens is 1. The molecule has 2 rings (SSSR count). The zero-order valence-corrected chi connectivity index (χ0v) is 15.0. The Balaban J connectivity index is 1.92. The molecule has 0 atom stereocenters. The van der Waals surface area contributed by atoms with Crippen LogP contribution >= 0.6 is 0 Å². The second-order valence-electron chi connectivity index (χ2n) is 5.48. The van der Waals surface area contributed by atoms with Crippen molar-refractivity contribution in [2.75, 3.05) is 53.1 Å². The van der Waals surface area contributed by atoms with Crippen LogP contribution in [0, 0.1) is 13.8 Å². The van der Waals surface area contributed by atoms with E-state index >= 15 is 0 Å². The molecule has 1 aliphatic heterocycles. The lowest BCUT2D eigenvalue weighted by molar-refractivity contribution is -0.137. The average Bonchev–Trinajstić information content (AvgIpc) is 2.91. The van der Waals surface area contributed by atoms with Crippen molar-refractivity contribution in [3.63, 3.8) is 0 Å². The third-order valence-electron chi connectivity index (χ3n) is 3.81. The van der Waals surface area contributed by atoms with Crippen LogP contribution < -0.4 is 0 Å². The van der Waals surface area contributed by atoms with E-state index in [9.17, 15) is 13.2 Å². The molecule has 0 unspecified atom stereocenters. The highest BCUT2D eigenvalue weighted by atomic mass is 32.2. The Kier molecular flexibility index (Phi) is 6.33. The molecule has 1 saturated heterocycles. The van der Waals surface area contributed by atoms with Gasteiger partial charge in [0.25, 0.3) is 0 Å². The van der Waals surface area contributed by atoms with Crippen LogP contribution in [-0.4, -0.2) is 81.8 Å². The molecule has 0 saturated carbocycles. The number of carbonyl (C=O) groups is 1. The number of rotatable bonds is 7. The van der Waals surface area contributed by atoms with Gasteiger partial charge in [0.15, 0.2) is 5.76 Å². The van der Waals surface area contributed by atoms with Gasteiger partial charge in [-0.1, -0.05) is 5.16 Å². The lowest BCUT2D eigenvalue weighted by atomic mass is 10.3. The summed E-state index contributed by atoms with van der Waals surface area (Å²) < 4.78 is 41.7. The molecular weight excluding hydrogens is 338 g/mol. The lowest BCUT2D eigenvalue weighted by Crippen LogP contribution is -2.51. The van der Waals surface area contributed by atoms with Crippen molar-refractivity contribution in [2.24, 2.45) is 0 Å². The number of ether oxygens (including phenoxy) is 2. The number of piperazine rings is 1. The van der Waals surface area contributed by atoms with E-state index in [0.717, 1.165) is 0 Å². The van der Waals surface area contributed by atoms with Crippen molar-refractivity contribution < 1.29 is 27.2 Å². The molecule has 1 aromatic rings. The SMILES string of the molecule is COCCOCC(=O)N1CCN(S(=O)(=O)c2c(C)noc2C)CC1. The molecule has 10 heteroatoms. The van der Waals surface area contributed by atoms with Gasteiger partial charge >= 0.3 is 0 Å². The molecule has 0 N–H and O–H groups in total. The van der Waals surface area contributed by atoms with Gasteiger partial charge in [-0.15, -0.1) is 0 Å². The molecule has 0 radical (unpaired) electrons. The summed E-state index contributed by atoms with van der Waals surface area (Å²) in [6.07, 6.45) is 0. The fourth-order valence-corrected chi connectivity index (χ4v) is 4.26. The second kappa shape index (κ2) is 8.06. The minimum Gasteiger partial charge on any atom is -0.382 e. The Labute approximate surface area is 141 Å². The Hall–Kier alpha value is -1.49. The smallest absolute Gasteiger partial charge is 0.248 e. The molecule has 1 amide bonds. The van der Waals surface area contributed by atoms with E-state index in [-0.39, 0.29) is 36.3 Å². The monoisotopic (exact) mass is 361 g/mol. The van der Waals surface area contributed by atoms with Gasteiger partial charge in [-0.2, -0.15) is 4.31 Å². The summed E-state index contributed by atoms with van der Waals surface area (Å²) in [4.78, 5) is 13.7. The van der Waals surface area contributed by atoms with Gasteiger partial charge < -0.3 is 18.9 Å². The zero-order chi connectivity index (χ0) is 17.7. The summed E-state index contributed by atoms with van der Waals surface area (Å²) in [5, 5.41) is 3.70. The van der Waals surface area contributed by atoms with Gasteiger partial charge in [0.1, 0.15) is 17.2 Å². The van der Waals surface area contributed by atoms with Gasteiger partial charge in [-0.25, -0.2) is 8.42 Å². The van der Waals surface area contributed by atoms with Crippen molar-refractivity contribution in [1.29, 1.82) is 0 Å². The Morgan fingerprint density at radius 2 is 1.88 bits per heavy atom. The van der Waals surface area contributed by atoms with E-state index < -0.39 is 10.0 Å². The third-order valence-corrected chi connectivity index (χ3v) is 5.96. The van der Waals surface area contributed by atoms with Gasteiger partial charge in [-0.05, 0) is 13.8 Å². The van der Waals surface area contributed by atoms with E-state index in [1.807, 2.05) is 0 Å². The topological polar surface area (TPSA) is 102 Å². The van der Waals surface area contributed by atoms with Crippen LogP contribution in [0.2, 0.25) is 0 Å². The maximum absolute atomic E-state index is 12.7. The minimum absolute atomic E-state index is 0.0278. The molecule has 9 nitrogen and oxygen atoms in total. The van der Waals surface area contributed by atoms with Gasteiger partial charge in [0.2, 0.25) is 15.9 Å². The summed E-state index contributed by atoms with van der Waals surface area (Å²) in [7, 11) is -2.10. The van der Waals surface area contributed by atoms with Gasteiger partial charge in [-0.3, -0.25) is 4.79 Å². The first-order valence-electron chi connectivity index (χ1n) is 7.65. The van der Waals surface area contributed by atoms with Crippen molar-refractivity contribution in [1.82, 2.24) is 14.4 Å². The Morgan fingerprint density at radius 1 is 1.21 bits per heavy atom. The number of hydrogen-bond acceptors (Lipinski definition) is 7. The second-order valence-corrected chi connectivity index (χ2v) is 7.36. The largest absolute Gasteiger partial charge is 0.382 e. The van der Waals surface area contributed by atoms with Crippen LogP contribution in [0.4, 0.5) is 0 Å². The lowest BCUT2D eigenvalue weighted by Gasteiger charge is -2.33. The first kappa shape index (κ1) is 18.8. The number of carbonyl (C=O) groups excluding carboxylic acids is 1. The highest BCUT2D eigenvalue weighted by Gasteiger charge is 2.34. The normalized spacial score (nSPS) is 16.5. The predicted molar refractivity (Wildman–Crippen MR) is 84.0 cm³/mol. The van der Waals surface area contributed by atoms with Crippen LogP contribution in [0.5, 0.6) is 0 Å². The fourth-order valence-electron chi connectivity index (χ4n) is 2.54. The average molecular weight is 361 g/mol. The molecule has 0 bridgehead atoms. The molecule has 136 valence electrons. The van der Waals surface area contributed by atoms with Crippen LogP contribution in [0.25, 0.3) is 0 Å². The van der Waals surface area contributed by atoms with Crippen LogP contribution in [-0.2, 0) is 24.3 Å². The summed E-state index contributed by atoms with van der Waals surface area (Å²) in [5.41, 5.74) is 0.345. The first-order valence-corrected chi connectivity index (χ1v) is 9.09. The maximum Gasteiger partial charge on any atom is 0.248 e. The molecule has 24 heavy (non-hydrogen) atoms. The van der Waals surface area contributed by atoms with Crippen molar-refractivity contribution >= 4 is 15.9 Å². The van der Waals surface area contributed by atoms with Crippen LogP contribution in [0.1, 0.15) is 11.5 Å². The van der Waals surface area contributed by atoms with Crippen LogP contribution in [0.15, 0.2) is 9.42 Å². The Morgan fingerprint density at radius 3 is 2.42 bits per heavy atom. The Bertz CT molecular complexity index is 645. The molecule has 2 heterocycles. The van der Waals surface area contributed by atoms with Gasteiger partial charge in [0.05, 0.1) is 13.2 Å². The van der Waals surface area contributed by atoms with Gasteiger partial charge in [0, 0.05) is 33.3 Å². The van der Waals surface area contributed by atoms with E-state index in [1.54, 1.807) is 25.9 Å². The number of methoxy groups -OCH3 is 1. The molecular formula is C14H23N3O6S. The quantitative estimate of drug-likeness (QED) is 0.619. The summed E-state index contributed by atoms with van der Waals surface area (Å²) in [5.74, 6) is 0.123. The highest BCUT2D eigenvalue weighted by Crippen LogP contribution is 2.24. The number of nitrogens with zero attached hydrogens (tertiary/aromatic N) is 3. The molecule has 0 aromatic carbocycles. The molecule has 1 aromatic heterocycles. The van der Waals surface area contributed by atoms with E-state index in [1.165, 1.54) is 4.31 Å². The maximum atomic E-state index is 12.7. The summed E-state index contributed by atoms with van der Waals surface area (Å²) in [6, 6.07) is 0. The number of aryl methyl sites for hydroxylation is 2. The minimum atomic E-state index is -3.66. The predicted octanol–water partition coefficient (Wildman–Crippen LogP) is -0.213. The first-order chi connectivity index (χ1) is 11.4. The summed E-state index contributed by atoms with van der Waals surface area (Å²) in [6.45, 7) is 5.04. The molecule has 0 aliphatic carbocycles. The standard InChI is InChI=1S/C14H23N3O6S/c1-11-14(12(2)23-15-11)24(19,20)17-6-4-16(5-7-17)13(18)10-22-9-8-21-3/h4-10H2,1-3H3. The number of sulfonamides is 1. The third kappa shape index (κ3) is 4.12.